The number of carbonyl (C=O) groups excluding carboxylic acids is 1. The predicted octanol–water partition coefficient (Wildman–Crippen LogP) is 3.22. The Morgan fingerprint density at radius 1 is 1.19 bits per heavy atom. The zero-order chi connectivity index (χ0) is 11.5. The van der Waals surface area contributed by atoms with E-state index in [9.17, 15) is 4.79 Å². The molecule has 0 bridgehead atoms. The molecule has 2 rings (SSSR count). The lowest BCUT2D eigenvalue weighted by atomic mass is 10.1. The monoisotopic (exact) mass is 213 g/mol. The number of aryl methyl sites for hydroxylation is 1. The van der Waals surface area contributed by atoms with Crippen LogP contribution in [0.4, 0.5) is 0 Å². The van der Waals surface area contributed by atoms with Gasteiger partial charge in [0, 0.05) is 6.20 Å². The van der Waals surface area contributed by atoms with E-state index in [0.29, 0.717) is 5.69 Å². The van der Waals surface area contributed by atoms with E-state index in [4.69, 9.17) is 0 Å². The van der Waals surface area contributed by atoms with Crippen molar-refractivity contribution in [1.82, 2.24) is 4.57 Å². The molecule has 1 unspecified atom stereocenters. The van der Waals surface area contributed by atoms with Crippen LogP contribution in [0, 0.1) is 6.92 Å². The highest BCUT2D eigenvalue weighted by atomic mass is 16.1. The molecule has 1 aromatic carbocycles. The van der Waals surface area contributed by atoms with Crippen LogP contribution in [0.25, 0.3) is 0 Å². The minimum absolute atomic E-state index is 0.191. The van der Waals surface area contributed by atoms with Crippen molar-refractivity contribution in [2.45, 2.75) is 19.9 Å². The van der Waals surface area contributed by atoms with E-state index < -0.39 is 0 Å². The Balaban J connectivity index is 2.35. The summed E-state index contributed by atoms with van der Waals surface area (Å²) in [4.78, 5) is 10.9. The molecule has 16 heavy (non-hydrogen) atoms. The topological polar surface area (TPSA) is 22.0 Å². The van der Waals surface area contributed by atoms with Crippen molar-refractivity contribution in [3.8, 4) is 0 Å². The van der Waals surface area contributed by atoms with Gasteiger partial charge in [-0.1, -0.05) is 29.8 Å². The van der Waals surface area contributed by atoms with Gasteiger partial charge in [0.25, 0.3) is 0 Å². The molecule has 1 aromatic heterocycles. The third-order valence-corrected chi connectivity index (χ3v) is 2.91. The van der Waals surface area contributed by atoms with Crippen molar-refractivity contribution in [1.29, 1.82) is 0 Å². The molecule has 0 aliphatic carbocycles. The van der Waals surface area contributed by atoms with Gasteiger partial charge in [-0.05, 0) is 31.5 Å². The fourth-order valence-electron chi connectivity index (χ4n) is 1.86. The van der Waals surface area contributed by atoms with Crippen molar-refractivity contribution in [3.05, 3.63) is 59.4 Å². The van der Waals surface area contributed by atoms with Gasteiger partial charge in [0.15, 0.2) is 6.29 Å². The van der Waals surface area contributed by atoms with Crippen molar-refractivity contribution in [2.75, 3.05) is 0 Å². The average molecular weight is 213 g/mol. The molecule has 2 nitrogen and oxygen atoms in total. The summed E-state index contributed by atoms with van der Waals surface area (Å²) in [6.07, 6.45) is 2.83. The van der Waals surface area contributed by atoms with E-state index in [2.05, 4.69) is 38.1 Å². The van der Waals surface area contributed by atoms with E-state index in [1.807, 2.05) is 22.9 Å². The van der Waals surface area contributed by atoms with E-state index >= 15 is 0 Å². The number of benzene rings is 1. The average Bonchev–Trinajstić information content (AvgIpc) is 2.77. The molecule has 0 radical (unpaired) electrons. The van der Waals surface area contributed by atoms with E-state index in [1.165, 1.54) is 11.1 Å². The van der Waals surface area contributed by atoms with Gasteiger partial charge in [-0.15, -0.1) is 0 Å². The molecule has 0 N–H and O–H groups in total. The molecule has 0 aliphatic heterocycles. The second-order valence-corrected chi connectivity index (χ2v) is 4.04. The quantitative estimate of drug-likeness (QED) is 0.717. The molecule has 0 fully saturated rings. The fraction of sp³-hybridized carbons (Fsp3) is 0.214. The third kappa shape index (κ3) is 1.91. The van der Waals surface area contributed by atoms with Gasteiger partial charge in [0.1, 0.15) is 0 Å². The maximum absolute atomic E-state index is 10.9. The maximum atomic E-state index is 10.9. The molecule has 0 saturated carbocycles. The summed E-state index contributed by atoms with van der Waals surface area (Å²) in [7, 11) is 0. The van der Waals surface area contributed by atoms with E-state index in [0.717, 1.165) is 6.29 Å². The molecule has 0 amide bonds. The van der Waals surface area contributed by atoms with Crippen LogP contribution in [0.2, 0.25) is 0 Å². The summed E-state index contributed by atoms with van der Waals surface area (Å²) in [6, 6.07) is 12.3. The molecule has 0 aliphatic rings. The molecule has 0 saturated heterocycles. The standard InChI is InChI=1S/C14H15NO/c1-11-5-7-13(8-6-11)12(2)15-9-3-4-14(15)10-16/h3-10,12H,1-2H3. The summed E-state index contributed by atoms with van der Waals surface area (Å²) in [5, 5.41) is 0. The Hall–Kier alpha value is -1.83. The van der Waals surface area contributed by atoms with Crippen molar-refractivity contribution < 1.29 is 4.79 Å². The van der Waals surface area contributed by atoms with Crippen LogP contribution in [0.15, 0.2) is 42.6 Å². The number of rotatable bonds is 3. The lowest BCUT2D eigenvalue weighted by Gasteiger charge is -2.16. The summed E-state index contributed by atoms with van der Waals surface area (Å²) in [5.41, 5.74) is 3.18. The Morgan fingerprint density at radius 2 is 1.88 bits per heavy atom. The van der Waals surface area contributed by atoms with Gasteiger partial charge in [-0.2, -0.15) is 0 Å². The number of aromatic nitrogens is 1. The van der Waals surface area contributed by atoms with Gasteiger partial charge in [0.2, 0.25) is 0 Å². The van der Waals surface area contributed by atoms with Crippen LogP contribution in [-0.4, -0.2) is 10.9 Å². The summed E-state index contributed by atoms with van der Waals surface area (Å²) < 4.78 is 1.98. The molecule has 0 spiro atoms. The van der Waals surface area contributed by atoms with E-state index in [-0.39, 0.29) is 6.04 Å². The zero-order valence-electron chi connectivity index (χ0n) is 9.55. The maximum Gasteiger partial charge on any atom is 0.166 e. The van der Waals surface area contributed by atoms with Gasteiger partial charge in [-0.25, -0.2) is 0 Å². The van der Waals surface area contributed by atoms with Crippen LogP contribution in [0.5, 0.6) is 0 Å². The number of hydrogen-bond donors (Lipinski definition) is 0. The summed E-state index contributed by atoms with van der Waals surface area (Å²) in [5.74, 6) is 0. The van der Waals surface area contributed by atoms with Gasteiger partial charge >= 0.3 is 0 Å². The van der Waals surface area contributed by atoms with Crippen LogP contribution >= 0.6 is 0 Å². The fourth-order valence-corrected chi connectivity index (χ4v) is 1.86. The highest BCUT2D eigenvalue weighted by molar-refractivity contribution is 5.72. The van der Waals surface area contributed by atoms with Gasteiger partial charge in [0.05, 0.1) is 11.7 Å². The smallest absolute Gasteiger partial charge is 0.166 e. The lowest BCUT2D eigenvalue weighted by Crippen LogP contribution is -2.08. The zero-order valence-corrected chi connectivity index (χ0v) is 9.55. The second kappa shape index (κ2) is 4.35. The number of carbonyl (C=O) groups is 1. The minimum Gasteiger partial charge on any atom is -0.338 e. The van der Waals surface area contributed by atoms with Crippen LogP contribution < -0.4 is 0 Å². The first-order chi connectivity index (χ1) is 7.72. The highest BCUT2D eigenvalue weighted by Crippen LogP contribution is 2.20. The van der Waals surface area contributed by atoms with Crippen molar-refractivity contribution in [2.24, 2.45) is 0 Å². The molecule has 1 heterocycles. The second-order valence-electron chi connectivity index (χ2n) is 4.04. The summed E-state index contributed by atoms with van der Waals surface area (Å²) in [6.45, 7) is 4.17. The highest BCUT2D eigenvalue weighted by Gasteiger charge is 2.09. The predicted molar refractivity (Wildman–Crippen MR) is 64.8 cm³/mol. The largest absolute Gasteiger partial charge is 0.338 e. The number of hydrogen-bond acceptors (Lipinski definition) is 1. The molecule has 2 aromatic rings. The molecule has 2 heteroatoms. The molecule has 82 valence electrons. The van der Waals surface area contributed by atoms with Gasteiger partial charge < -0.3 is 4.57 Å². The van der Waals surface area contributed by atoms with Crippen molar-refractivity contribution >= 4 is 6.29 Å². The third-order valence-electron chi connectivity index (χ3n) is 2.91. The molecular formula is C14H15NO. The Bertz CT molecular complexity index is 482. The first kappa shape index (κ1) is 10.7. The van der Waals surface area contributed by atoms with Crippen LogP contribution in [0.1, 0.15) is 34.6 Å². The minimum atomic E-state index is 0.191. The van der Waals surface area contributed by atoms with Crippen molar-refractivity contribution in [3.63, 3.8) is 0 Å². The molecule has 1 atom stereocenters. The lowest BCUT2D eigenvalue weighted by molar-refractivity contribution is 0.111. The normalized spacial score (nSPS) is 12.4. The number of aldehydes is 1. The SMILES string of the molecule is Cc1ccc(C(C)n2cccc2C=O)cc1. The van der Waals surface area contributed by atoms with Gasteiger partial charge in [-0.3, -0.25) is 4.79 Å². The first-order valence-corrected chi connectivity index (χ1v) is 5.41. The first-order valence-electron chi connectivity index (χ1n) is 5.41. The summed E-state index contributed by atoms with van der Waals surface area (Å²) >= 11 is 0. The molecular weight excluding hydrogens is 198 g/mol. The Morgan fingerprint density at radius 3 is 2.50 bits per heavy atom. The Labute approximate surface area is 95.5 Å². The Kier molecular flexibility index (Phi) is 2.91. The number of nitrogens with zero attached hydrogens (tertiary/aromatic N) is 1. The van der Waals surface area contributed by atoms with Crippen LogP contribution in [-0.2, 0) is 0 Å². The van der Waals surface area contributed by atoms with Crippen LogP contribution in [0.3, 0.4) is 0 Å². The van der Waals surface area contributed by atoms with E-state index in [1.54, 1.807) is 0 Å².